The van der Waals surface area contributed by atoms with Crippen LogP contribution in [0.2, 0.25) is 0 Å². The molecule has 0 spiro atoms. The molecular weight excluding hydrogens is 334 g/mol. The van der Waals surface area contributed by atoms with Gasteiger partial charge in [0.2, 0.25) is 5.91 Å². The molecule has 6 nitrogen and oxygen atoms in total. The van der Waals surface area contributed by atoms with Gasteiger partial charge in [0.25, 0.3) is 0 Å². The average molecular weight is 355 g/mol. The third-order valence-corrected chi connectivity index (χ3v) is 5.52. The lowest BCUT2D eigenvalue weighted by atomic mass is 10.1. The second-order valence-electron chi connectivity index (χ2n) is 6.21. The number of carbonyl (C=O) groups is 1. The summed E-state index contributed by atoms with van der Waals surface area (Å²) in [5.41, 5.74) is 7.41. The van der Waals surface area contributed by atoms with Crippen LogP contribution in [0.4, 0.5) is 5.82 Å². The lowest BCUT2D eigenvalue weighted by molar-refractivity contribution is -0.118. The highest BCUT2D eigenvalue weighted by molar-refractivity contribution is 7.18. The van der Waals surface area contributed by atoms with Crippen molar-refractivity contribution < 1.29 is 4.79 Å². The third-order valence-electron chi connectivity index (χ3n) is 4.42. The summed E-state index contributed by atoms with van der Waals surface area (Å²) in [5, 5.41) is 1.04. The monoisotopic (exact) mass is 355 g/mol. The smallest absolute Gasteiger partial charge is 0.219 e. The van der Waals surface area contributed by atoms with Crippen LogP contribution in [0.3, 0.4) is 0 Å². The van der Waals surface area contributed by atoms with Crippen molar-refractivity contribution in [2.45, 2.75) is 33.2 Å². The molecule has 3 heterocycles. The molecule has 7 heteroatoms. The Morgan fingerprint density at radius 1 is 1.36 bits per heavy atom. The molecule has 0 aliphatic heterocycles. The Morgan fingerprint density at radius 2 is 2.12 bits per heavy atom. The Morgan fingerprint density at radius 3 is 2.76 bits per heavy atom. The molecule has 130 valence electrons. The minimum Gasteiger partial charge on any atom is -0.370 e. The summed E-state index contributed by atoms with van der Waals surface area (Å²) in [6, 6.07) is 3.75. The summed E-state index contributed by atoms with van der Waals surface area (Å²) in [5.74, 6) is 1.13. The number of nitrogens with two attached hydrogens (primary N) is 1. The summed E-state index contributed by atoms with van der Waals surface area (Å²) < 4.78 is 0. The van der Waals surface area contributed by atoms with Crippen molar-refractivity contribution in [3.63, 3.8) is 0 Å². The van der Waals surface area contributed by atoms with Gasteiger partial charge < -0.3 is 10.6 Å². The number of amides is 1. The molecule has 0 saturated heterocycles. The lowest BCUT2D eigenvalue weighted by Gasteiger charge is -2.26. The van der Waals surface area contributed by atoms with Crippen molar-refractivity contribution in [3.05, 3.63) is 35.0 Å². The van der Waals surface area contributed by atoms with E-state index in [9.17, 15) is 4.79 Å². The van der Waals surface area contributed by atoms with Gasteiger partial charge in [-0.1, -0.05) is 0 Å². The molecule has 0 bridgehead atoms. The van der Waals surface area contributed by atoms with Crippen molar-refractivity contribution in [3.8, 4) is 11.4 Å². The van der Waals surface area contributed by atoms with E-state index in [1.54, 1.807) is 23.7 Å². The van der Waals surface area contributed by atoms with Crippen LogP contribution in [0, 0.1) is 13.8 Å². The first-order valence-corrected chi connectivity index (χ1v) is 8.89. The maximum atomic E-state index is 11.3. The minimum absolute atomic E-state index is 0.0584. The first-order valence-electron chi connectivity index (χ1n) is 8.07. The Balaban J connectivity index is 2.19. The van der Waals surface area contributed by atoms with Gasteiger partial charge in [0.1, 0.15) is 10.6 Å². The lowest BCUT2D eigenvalue weighted by Crippen LogP contribution is -2.33. The molecule has 0 aliphatic rings. The fourth-order valence-electron chi connectivity index (χ4n) is 2.74. The fourth-order valence-corrected chi connectivity index (χ4v) is 3.77. The Labute approximate surface area is 150 Å². The Hall–Kier alpha value is -2.54. The van der Waals surface area contributed by atoms with Gasteiger partial charge in [-0.2, -0.15) is 0 Å². The number of carbonyl (C=O) groups excluding carboxylic acids is 1. The number of nitrogens with zero attached hydrogens (tertiary/aromatic N) is 4. The fraction of sp³-hybridized carbons (Fsp3) is 0.333. The molecule has 0 fully saturated rings. The molecule has 25 heavy (non-hydrogen) atoms. The summed E-state index contributed by atoms with van der Waals surface area (Å²) in [7, 11) is 1.94. The molecule has 0 aliphatic carbocycles. The number of primary amides is 1. The zero-order valence-corrected chi connectivity index (χ0v) is 15.6. The van der Waals surface area contributed by atoms with Gasteiger partial charge >= 0.3 is 0 Å². The van der Waals surface area contributed by atoms with Gasteiger partial charge in [-0.25, -0.2) is 9.97 Å². The van der Waals surface area contributed by atoms with Crippen LogP contribution in [-0.4, -0.2) is 33.9 Å². The maximum Gasteiger partial charge on any atom is 0.219 e. The normalized spacial score (nSPS) is 12.3. The van der Waals surface area contributed by atoms with Gasteiger partial charge in [-0.3, -0.25) is 9.78 Å². The number of anilines is 1. The van der Waals surface area contributed by atoms with Crippen molar-refractivity contribution in [2.75, 3.05) is 11.9 Å². The van der Waals surface area contributed by atoms with Gasteiger partial charge in [0.15, 0.2) is 5.82 Å². The number of hydrogen-bond acceptors (Lipinski definition) is 6. The first kappa shape index (κ1) is 17.3. The number of aryl methyl sites for hydroxylation is 2. The summed E-state index contributed by atoms with van der Waals surface area (Å²) >= 11 is 1.65. The standard InChI is InChI=1S/C18H21N5OS/c1-10(8-14(19)24)23(4)17-15-11(2)12(3)25-18(15)22-16(21-17)13-6-5-7-20-9-13/h5-7,9-10H,8H2,1-4H3,(H2,19,24). The third kappa shape index (κ3) is 3.32. The molecule has 1 amide bonds. The summed E-state index contributed by atoms with van der Waals surface area (Å²) in [6.45, 7) is 6.14. The van der Waals surface area contributed by atoms with Crippen molar-refractivity contribution in [2.24, 2.45) is 5.73 Å². The molecule has 0 aromatic carbocycles. The van der Waals surface area contributed by atoms with Crippen LogP contribution in [0.25, 0.3) is 21.6 Å². The van der Waals surface area contributed by atoms with E-state index in [2.05, 4.69) is 18.8 Å². The molecular formula is C18H21N5OS. The van der Waals surface area contributed by atoms with E-state index in [0.717, 1.165) is 21.6 Å². The summed E-state index contributed by atoms with van der Waals surface area (Å²) in [4.78, 5) is 29.2. The van der Waals surface area contributed by atoms with Crippen LogP contribution in [0.1, 0.15) is 23.8 Å². The second kappa shape index (κ2) is 6.76. The van der Waals surface area contributed by atoms with Crippen LogP contribution < -0.4 is 10.6 Å². The number of rotatable bonds is 5. The Bertz CT molecular complexity index is 922. The van der Waals surface area contributed by atoms with Gasteiger partial charge in [0, 0.05) is 42.3 Å². The van der Waals surface area contributed by atoms with Gasteiger partial charge in [-0.15, -0.1) is 11.3 Å². The van der Waals surface area contributed by atoms with E-state index < -0.39 is 0 Å². The average Bonchev–Trinajstić information content (AvgIpc) is 2.88. The predicted molar refractivity (Wildman–Crippen MR) is 102 cm³/mol. The minimum atomic E-state index is -0.324. The van der Waals surface area contributed by atoms with E-state index in [0.29, 0.717) is 5.82 Å². The zero-order valence-electron chi connectivity index (χ0n) is 14.8. The number of thiophene rings is 1. The van der Waals surface area contributed by atoms with Crippen molar-refractivity contribution in [1.29, 1.82) is 0 Å². The highest BCUT2D eigenvalue weighted by atomic mass is 32.1. The van der Waals surface area contributed by atoms with E-state index in [-0.39, 0.29) is 18.4 Å². The van der Waals surface area contributed by atoms with E-state index in [4.69, 9.17) is 15.7 Å². The highest BCUT2D eigenvalue weighted by Gasteiger charge is 2.21. The number of pyridine rings is 1. The van der Waals surface area contributed by atoms with Crippen LogP contribution in [0.15, 0.2) is 24.5 Å². The molecule has 3 rings (SSSR count). The van der Waals surface area contributed by atoms with Gasteiger partial charge in [0.05, 0.1) is 5.39 Å². The van der Waals surface area contributed by atoms with Crippen molar-refractivity contribution >= 4 is 33.3 Å². The quantitative estimate of drug-likeness (QED) is 0.760. The van der Waals surface area contributed by atoms with Crippen LogP contribution in [-0.2, 0) is 4.79 Å². The number of fused-ring (bicyclic) bond motifs is 1. The maximum absolute atomic E-state index is 11.3. The molecule has 0 radical (unpaired) electrons. The van der Waals surface area contributed by atoms with Crippen LogP contribution in [0.5, 0.6) is 0 Å². The van der Waals surface area contributed by atoms with Crippen LogP contribution >= 0.6 is 11.3 Å². The zero-order chi connectivity index (χ0) is 18.1. The van der Waals surface area contributed by atoms with Crippen molar-refractivity contribution in [1.82, 2.24) is 15.0 Å². The van der Waals surface area contributed by atoms with E-state index >= 15 is 0 Å². The van der Waals surface area contributed by atoms with Gasteiger partial charge in [-0.05, 0) is 38.5 Å². The molecule has 3 aromatic rings. The Kier molecular flexibility index (Phi) is 4.67. The highest BCUT2D eigenvalue weighted by Crippen LogP contribution is 2.36. The molecule has 2 N–H and O–H groups in total. The summed E-state index contributed by atoms with van der Waals surface area (Å²) in [6.07, 6.45) is 3.75. The molecule has 3 aromatic heterocycles. The molecule has 1 unspecified atom stereocenters. The molecule has 1 atom stereocenters. The SMILES string of the molecule is Cc1sc2nc(-c3cccnc3)nc(N(C)C(C)CC(N)=O)c2c1C. The second-order valence-corrected chi connectivity index (χ2v) is 7.41. The number of hydrogen-bond donors (Lipinski definition) is 1. The topological polar surface area (TPSA) is 85.0 Å². The predicted octanol–water partition coefficient (Wildman–Crippen LogP) is 3.07. The molecule has 0 saturated carbocycles. The van der Waals surface area contributed by atoms with E-state index in [1.807, 2.05) is 31.0 Å². The number of aromatic nitrogens is 3. The van der Waals surface area contributed by atoms with E-state index in [1.165, 1.54) is 10.4 Å². The first-order chi connectivity index (χ1) is 11.9. The largest absolute Gasteiger partial charge is 0.370 e.